The van der Waals surface area contributed by atoms with E-state index in [4.69, 9.17) is 4.74 Å². The van der Waals surface area contributed by atoms with E-state index in [2.05, 4.69) is 22.3 Å². The van der Waals surface area contributed by atoms with Gasteiger partial charge in [-0.05, 0) is 43.9 Å². The summed E-state index contributed by atoms with van der Waals surface area (Å²) < 4.78 is 74.1. The number of hydrogen-bond acceptors (Lipinski definition) is 5. The monoisotopic (exact) mass is 553 g/mol. The number of rotatable bonds is 9. The van der Waals surface area contributed by atoms with Crippen LogP contribution in [0.4, 0.5) is 13.2 Å². The molecule has 0 spiro atoms. The minimum absolute atomic E-state index is 0.0114. The van der Waals surface area contributed by atoms with E-state index in [1.165, 1.54) is 17.7 Å². The SMILES string of the molecule is CC(OCC1CCCCN1S(=O)(=O)c1ccccc1C(F)(F)F)C(=O)NC1CCN(Cc2ccccc2)C1. The second-order valence-electron chi connectivity index (χ2n) is 9.95. The number of hydrogen-bond donors (Lipinski definition) is 1. The summed E-state index contributed by atoms with van der Waals surface area (Å²) in [5.41, 5.74) is 0.0249. The molecule has 2 aromatic carbocycles. The summed E-state index contributed by atoms with van der Waals surface area (Å²) in [7, 11) is -4.42. The fourth-order valence-corrected chi connectivity index (χ4v) is 6.99. The number of amides is 1. The zero-order chi connectivity index (χ0) is 27.3. The predicted molar refractivity (Wildman–Crippen MR) is 137 cm³/mol. The first kappa shape index (κ1) is 28.5. The number of likely N-dealkylation sites (tertiary alicyclic amines) is 1. The third-order valence-electron chi connectivity index (χ3n) is 7.13. The number of piperidine rings is 1. The van der Waals surface area contributed by atoms with Crippen molar-refractivity contribution in [1.82, 2.24) is 14.5 Å². The van der Waals surface area contributed by atoms with Crippen molar-refractivity contribution in [3.8, 4) is 0 Å². The van der Waals surface area contributed by atoms with Gasteiger partial charge in [-0.15, -0.1) is 0 Å². The van der Waals surface area contributed by atoms with Crippen LogP contribution in [0.25, 0.3) is 0 Å². The number of carbonyl (C=O) groups excluding carboxylic acids is 1. The molecule has 3 unspecified atom stereocenters. The van der Waals surface area contributed by atoms with Crippen molar-refractivity contribution in [3.63, 3.8) is 0 Å². The van der Waals surface area contributed by atoms with Crippen molar-refractivity contribution >= 4 is 15.9 Å². The van der Waals surface area contributed by atoms with Gasteiger partial charge in [-0.25, -0.2) is 8.42 Å². The molecule has 2 aromatic rings. The average molecular weight is 554 g/mol. The van der Waals surface area contributed by atoms with Crippen molar-refractivity contribution in [2.45, 2.75) is 68.4 Å². The highest BCUT2D eigenvalue weighted by Gasteiger charge is 2.41. The quantitative estimate of drug-likeness (QED) is 0.507. The summed E-state index contributed by atoms with van der Waals surface area (Å²) in [6.07, 6.45) is -3.10. The van der Waals surface area contributed by atoms with Crippen LogP contribution in [0, 0.1) is 0 Å². The number of ether oxygens (including phenoxy) is 1. The highest BCUT2D eigenvalue weighted by molar-refractivity contribution is 7.89. The normalized spacial score (nSPS) is 22.3. The molecule has 2 aliphatic rings. The molecule has 38 heavy (non-hydrogen) atoms. The Labute approximate surface area is 222 Å². The molecule has 2 aliphatic heterocycles. The van der Waals surface area contributed by atoms with Gasteiger partial charge in [-0.2, -0.15) is 17.5 Å². The summed E-state index contributed by atoms with van der Waals surface area (Å²) in [5.74, 6) is -0.288. The zero-order valence-electron chi connectivity index (χ0n) is 21.4. The van der Waals surface area contributed by atoms with E-state index in [9.17, 15) is 26.4 Å². The molecule has 4 rings (SSSR count). The van der Waals surface area contributed by atoms with E-state index in [0.717, 1.165) is 48.9 Å². The Kier molecular flexibility index (Phi) is 9.12. The van der Waals surface area contributed by atoms with Gasteiger partial charge in [0.2, 0.25) is 15.9 Å². The number of benzene rings is 2. The number of carbonyl (C=O) groups is 1. The van der Waals surface area contributed by atoms with Crippen LogP contribution in [0.3, 0.4) is 0 Å². The van der Waals surface area contributed by atoms with Crippen molar-refractivity contribution in [2.24, 2.45) is 0 Å². The maximum Gasteiger partial charge on any atom is 0.417 e. The molecule has 1 N–H and O–H groups in total. The first-order valence-electron chi connectivity index (χ1n) is 12.9. The summed E-state index contributed by atoms with van der Waals surface area (Å²) in [4.78, 5) is 14.3. The van der Waals surface area contributed by atoms with Crippen LogP contribution in [0.2, 0.25) is 0 Å². The van der Waals surface area contributed by atoms with Gasteiger partial charge in [0.1, 0.15) is 6.10 Å². The lowest BCUT2D eigenvalue weighted by molar-refractivity contribution is -0.140. The fraction of sp³-hybridized carbons (Fsp3) is 0.519. The Balaban J connectivity index is 1.33. The van der Waals surface area contributed by atoms with Gasteiger partial charge < -0.3 is 10.1 Å². The second-order valence-corrected chi connectivity index (χ2v) is 11.8. The van der Waals surface area contributed by atoms with Crippen LogP contribution < -0.4 is 5.32 Å². The third kappa shape index (κ3) is 6.93. The van der Waals surface area contributed by atoms with Gasteiger partial charge in [-0.3, -0.25) is 9.69 Å². The lowest BCUT2D eigenvalue weighted by Crippen LogP contribution is -2.48. The van der Waals surface area contributed by atoms with Crippen LogP contribution in [-0.4, -0.2) is 68.0 Å². The van der Waals surface area contributed by atoms with Gasteiger partial charge in [0, 0.05) is 38.3 Å². The van der Waals surface area contributed by atoms with E-state index < -0.39 is 38.8 Å². The van der Waals surface area contributed by atoms with Crippen molar-refractivity contribution in [1.29, 1.82) is 0 Å². The molecule has 0 aliphatic carbocycles. The highest BCUT2D eigenvalue weighted by Crippen LogP contribution is 2.36. The maximum atomic E-state index is 13.5. The third-order valence-corrected chi connectivity index (χ3v) is 9.14. The predicted octanol–water partition coefficient (Wildman–Crippen LogP) is 4.04. The second kappa shape index (κ2) is 12.1. The molecule has 208 valence electrons. The molecule has 7 nitrogen and oxygen atoms in total. The first-order chi connectivity index (χ1) is 18.1. The van der Waals surface area contributed by atoms with Gasteiger partial charge in [0.05, 0.1) is 17.1 Å². The van der Waals surface area contributed by atoms with E-state index >= 15 is 0 Å². The Morgan fingerprint density at radius 2 is 1.76 bits per heavy atom. The topological polar surface area (TPSA) is 78.9 Å². The molecule has 0 aromatic heterocycles. The van der Waals surface area contributed by atoms with Crippen LogP contribution in [0.1, 0.15) is 43.7 Å². The minimum atomic E-state index is -4.80. The molecule has 11 heteroatoms. The molecular weight excluding hydrogens is 519 g/mol. The van der Waals surface area contributed by atoms with E-state index in [1.54, 1.807) is 6.92 Å². The maximum absolute atomic E-state index is 13.5. The number of nitrogens with zero attached hydrogens (tertiary/aromatic N) is 2. The lowest BCUT2D eigenvalue weighted by atomic mass is 10.1. The molecule has 0 radical (unpaired) electrons. The lowest BCUT2D eigenvalue weighted by Gasteiger charge is -2.35. The van der Waals surface area contributed by atoms with E-state index in [0.29, 0.717) is 12.8 Å². The summed E-state index contributed by atoms with van der Waals surface area (Å²) in [5, 5.41) is 3.01. The Hall–Kier alpha value is -2.47. The fourth-order valence-electron chi connectivity index (χ4n) is 5.09. The molecule has 0 saturated carbocycles. The minimum Gasteiger partial charge on any atom is -0.367 e. The molecule has 2 heterocycles. The number of halogens is 3. The summed E-state index contributed by atoms with van der Waals surface area (Å²) in [6.45, 7) is 4.02. The number of alkyl halides is 3. The van der Waals surface area contributed by atoms with Gasteiger partial charge in [0.25, 0.3) is 0 Å². The Morgan fingerprint density at radius 3 is 2.50 bits per heavy atom. The van der Waals surface area contributed by atoms with Crippen LogP contribution in [-0.2, 0) is 32.3 Å². The smallest absolute Gasteiger partial charge is 0.367 e. The van der Waals surface area contributed by atoms with Crippen LogP contribution in [0.15, 0.2) is 59.5 Å². The summed E-state index contributed by atoms with van der Waals surface area (Å²) >= 11 is 0. The summed E-state index contributed by atoms with van der Waals surface area (Å²) in [6, 6.07) is 13.7. The van der Waals surface area contributed by atoms with Gasteiger partial charge in [-0.1, -0.05) is 48.9 Å². The molecule has 2 fully saturated rings. The number of sulfonamides is 1. The molecule has 1 amide bonds. The van der Waals surface area contributed by atoms with Crippen molar-refractivity contribution in [2.75, 3.05) is 26.2 Å². The largest absolute Gasteiger partial charge is 0.417 e. The molecule has 2 saturated heterocycles. The molecular formula is C27H34F3N3O4S. The average Bonchev–Trinajstić information content (AvgIpc) is 3.33. The highest BCUT2D eigenvalue weighted by atomic mass is 32.2. The van der Waals surface area contributed by atoms with Crippen LogP contribution in [0.5, 0.6) is 0 Å². The van der Waals surface area contributed by atoms with Gasteiger partial charge >= 0.3 is 6.18 Å². The van der Waals surface area contributed by atoms with Crippen LogP contribution >= 0.6 is 0 Å². The Bertz CT molecular complexity index is 1190. The van der Waals surface area contributed by atoms with Gasteiger partial charge in [0.15, 0.2) is 0 Å². The van der Waals surface area contributed by atoms with E-state index in [1.807, 2.05) is 18.2 Å². The molecule has 3 atom stereocenters. The molecule has 0 bridgehead atoms. The number of nitrogens with one attached hydrogen (secondary N) is 1. The zero-order valence-corrected chi connectivity index (χ0v) is 22.2. The first-order valence-corrected chi connectivity index (χ1v) is 14.4. The standard InChI is InChI=1S/C27H34F3N3O4S/c1-20(26(34)31-22-14-16-32(18-22)17-21-9-3-2-4-10-21)37-19-23-11-7-8-15-33(23)38(35,36)25-13-6-5-12-24(25)27(28,29)30/h2-6,9-10,12-13,20,22-23H,7-8,11,14-19H2,1H3,(H,31,34). The van der Waals surface area contributed by atoms with E-state index in [-0.39, 0.29) is 25.1 Å². The Morgan fingerprint density at radius 1 is 1.05 bits per heavy atom. The van der Waals surface area contributed by atoms with Crippen molar-refractivity contribution in [3.05, 3.63) is 65.7 Å². The van der Waals surface area contributed by atoms with Crippen molar-refractivity contribution < 1.29 is 31.1 Å².